The van der Waals surface area contributed by atoms with Crippen molar-refractivity contribution in [3.8, 4) is 0 Å². The number of anilines is 1. The predicted octanol–water partition coefficient (Wildman–Crippen LogP) is 4.59. The van der Waals surface area contributed by atoms with Gasteiger partial charge in [0.05, 0.1) is 5.39 Å². The lowest BCUT2D eigenvalue weighted by Crippen LogP contribution is -2.25. The number of thiophene rings is 1. The van der Waals surface area contributed by atoms with Gasteiger partial charge in [0.1, 0.15) is 9.98 Å². The zero-order valence-electron chi connectivity index (χ0n) is 12.0. The maximum atomic E-state index is 6.34. The maximum absolute atomic E-state index is 6.34. The van der Waals surface area contributed by atoms with Gasteiger partial charge in [-0.3, -0.25) is 0 Å². The Labute approximate surface area is 123 Å². The van der Waals surface area contributed by atoms with E-state index in [0.29, 0.717) is 5.15 Å². The first-order valence-electron chi connectivity index (χ1n) is 6.76. The number of unbranched alkanes of at least 4 members (excludes halogenated alkanes) is 1. The largest absolute Gasteiger partial charge is 0.341 e. The van der Waals surface area contributed by atoms with Gasteiger partial charge in [-0.2, -0.15) is 0 Å². The lowest BCUT2D eigenvalue weighted by atomic mass is 10.2. The molecule has 2 rings (SSSR count). The first-order valence-corrected chi connectivity index (χ1v) is 7.96. The lowest BCUT2D eigenvalue weighted by Gasteiger charge is -2.20. The molecule has 104 valence electrons. The fourth-order valence-corrected chi connectivity index (χ4v) is 3.47. The van der Waals surface area contributed by atoms with Crippen molar-refractivity contribution in [3.05, 3.63) is 15.6 Å². The summed E-state index contributed by atoms with van der Waals surface area (Å²) < 4.78 is 0. The molecule has 0 amide bonds. The van der Waals surface area contributed by atoms with Crippen LogP contribution in [0.25, 0.3) is 10.2 Å². The molecule has 0 bridgehead atoms. The first kappa shape index (κ1) is 14.5. The smallest absolute Gasteiger partial charge is 0.228 e. The number of nitrogens with zero attached hydrogens (tertiary/aromatic N) is 3. The molecule has 19 heavy (non-hydrogen) atoms. The Morgan fingerprint density at radius 3 is 2.58 bits per heavy atom. The van der Waals surface area contributed by atoms with Gasteiger partial charge in [-0.05, 0) is 32.8 Å². The van der Waals surface area contributed by atoms with Crippen LogP contribution < -0.4 is 4.90 Å². The van der Waals surface area contributed by atoms with Crippen LogP contribution >= 0.6 is 22.9 Å². The lowest BCUT2D eigenvalue weighted by molar-refractivity contribution is 0.716. The van der Waals surface area contributed by atoms with Gasteiger partial charge < -0.3 is 4.90 Å². The number of hydrogen-bond donors (Lipinski definition) is 0. The summed E-state index contributed by atoms with van der Waals surface area (Å²) in [6, 6.07) is 0. The highest BCUT2D eigenvalue weighted by Gasteiger charge is 2.15. The predicted molar refractivity (Wildman–Crippen MR) is 84.7 cm³/mol. The molecule has 0 N–H and O–H groups in total. The van der Waals surface area contributed by atoms with Gasteiger partial charge in [0.15, 0.2) is 0 Å². The van der Waals surface area contributed by atoms with Crippen molar-refractivity contribution in [2.75, 3.05) is 18.0 Å². The van der Waals surface area contributed by atoms with Gasteiger partial charge in [0.25, 0.3) is 0 Å². The molecular weight excluding hydrogens is 278 g/mol. The molecule has 0 aliphatic carbocycles. The second-order valence-corrected chi connectivity index (χ2v) is 6.27. The zero-order valence-corrected chi connectivity index (χ0v) is 13.5. The summed E-state index contributed by atoms with van der Waals surface area (Å²) in [5.41, 5.74) is 1.20. The Kier molecular flexibility index (Phi) is 4.63. The van der Waals surface area contributed by atoms with Crippen LogP contribution in [0.1, 0.15) is 37.1 Å². The molecule has 5 heteroatoms. The van der Waals surface area contributed by atoms with Crippen molar-refractivity contribution in [2.45, 2.75) is 40.5 Å². The van der Waals surface area contributed by atoms with E-state index in [-0.39, 0.29) is 0 Å². The molecule has 0 aromatic carbocycles. The summed E-state index contributed by atoms with van der Waals surface area (Å²) in [6.45, 7) is 10.4. The van der Waals surface area contributed by atoms with E-state index in [1.807, 2.05) is 0 Å². The van der Waals surface area contributed by atoms with Crippen LogP contribution in [-0.2, 0) is 0 Å². The molecular formula is C14H20ClN3S. The Bertz CT molecular complexity index is 580. The van der Waals surface area contributed by atoms with Gasteiger partial charge in [0, 0.05) is 18.0 Å². The van der Waals surface area contributed by atoms with E-state index >= 15 is 0 Å². The van der Waals surface area contributed by atoms with E-state index in [9.17, 15) is 0 Å². The van der Waals surface area contributed by atoms with Gasteiger partial charge >= 0.3 is 0 Å². The van der Waals surface area contributed by atoms with Gasteiger partial charge in [-0.15, -0.1) is 11.3 Å². The van der Waals surface area contributed by atoms with Crippen LogP contribution in [0.4, 0.5) is 5.95 Å². The Morgan fingerprint density at radius 1 is 1.21 bits per heavy atom. The average molecular weight is 298 g/mol. The summed E-state index contributed by atoms with van der Waals surface area (Å²) in [5.74, 6) is 0.759. The number of fused-ring (bicyclic) bond motifs is 1. The standard InChI is InChI=1S/C14H20ClN3S/c1-5-7-8-18(6-2)14-16-12(15)11-9(3)10(4)19-13(11)17-14/h5-8H2,1-4H3. The van der Waals surface area contributed by atoms with Crippen LogP contribution in [0.2, 0.25) is 5.15 Å². The molecule has 0 unspecified atom stereocenters. The molecule has 3 nitrogen and oxygen atoms in total. The number of aromatic nitrogens is 2. The van der Waals surface area contributed by atoms with Crippen molar-refractivity contribution in [3.63, 3.8) is 0 Å². The van der Waals surface area contributed by atoms with E-state index in [4.69, 9.17) is 16.6 Å². The van der Waals surface area contributed by atoms with Crippen LogP contribution in [0.15, 0.2) is 0 Å². The first-order chi connectivity index (χ1) is 9.08. The summed E-state index contributed by atoms with van der Waals surface area (Å²) in [7, 11) is 0. The van der Waals surface area contributed by atoms with Gasteiger partial charge in [-0.1, -0.05) is 24.9 Å². The van der Waals surface area contributed by atoms with Crippen molar-refractivity contribution in [1.82, 2.24) is 9.97 Å². The van der Waals surface area contributed by atoms with E-state index in [1.165, 1.54) is 16.9 Å². The quantitative estimate of drug-likeness (QED) is 0.756. The van der Waals surface area contributed by atoms with Crippen LogP contribution in [0, 0.1) is 13.8 Å². The van der Waals surface area contributed by atoms with Crippen molar-refractivity contribution < 1.29 is 0 Å². The average Bonchev–Trinajstić information content (AvgIpc) is 2.66. The molecule has 0 aliphatic heterocycles. The molecule has 0 saturated heterocycles. The zero-order chi connectivity index (χ0) is 14.0. The summed E-state index contributed by atoms with van der Waals surface area (Å²) in [5, 5.41) is 1.59. The second-order valence-electron chi connectivity index (χ2n) is 4.71. The third-order valence-electron chi connectivity index (χ3n) is 3.42. The van der Waals surface area contributed by atoms with E-state index in [0.717, 1.165) is 35.7 Å². The third-order valence-corrected chi connectivity index (χ3v) is 4.79. The molecule has 0 spiro atoms. The molecule has 0 fully saturated rings. The Morgan fingerprint density at radius 2 is 1.95 bits per heavy atom. The van der Waals surface area contributed by atoms with E-state index in [1.54, 1.807) is 11.3 Å². The normalized spacial score (nSPS) is 11.2. The van der Waals surface area contributed by atoms with Gasteiger partial charge in [0.2, 0.25) is 5.95 Å². The maximum Gasteiger partial charge on any atom is 0.228 e. The fourth-order valence-electron chi connectivity index (χ4n) is 2.08. The molecule has 0 aliphatic rings. The highest BCUT2D eigenvalue weighted by molar-refractivity contribution is 7.18. The van der Waals surface area contributed by atoms with E-state index in [2.05, 4.69) is 37.6 Å². The summed E-state index contributed by atoms with van der Waals surface area (Å²) >= 11 is 8.04. The number of aryl methyl sites for hydroxylation is 2. The number of halogens is 1. The monoisotopic (exact) mass is 297 g/mol. The van der Waals surface area contributed by atoms with Crippen molar-refractivity contribution in [2.24, 2.45) is 0 Å². The Hall–Kier alpha value is -0.870. The molecule has 2 heterocycles. The topological polar surface area (TPSA) is 29.0 Å². The van der Waals surface area contributed by atoms with E-state index < -0.39 is 0 Å². The van der Waals surface area contributed by atoms with Crippen molar-refractivity contribution in [1.29, 1.82) is 0 Å². The van der Waals surface area contributed by atoms with Crippen molar-refractivity contribution >= 4 is 39.1 Å². The molecule has 0 radical (unpaired) electrons. The summed E-state index contributed by atoms with van der Waals surface area (Å²) in [6.07, 6.45) is 2.32. The minimum Gasteiger partial charge on any atom is -0.341 e. The highest BCUT2D eigenvalue weighted by atomic mass is 35.5. The Balaban J connectivity index is 2.44. The number of rotatable bonds is 5. The van der Waals surface area contributed by atoms with Gasteiger partial charge in [-0.25, -0.2) is 9.97 Å². The highest BCUT2D eigenvalue weighted by Crippen LogP contribution is 2.34. The molecule has 2 aromatic heterocycles. The third kappa shape index (κ3) is 2.84. The minimum atomic E-state index is 0.580. The molecule has 0 atom stereocenters. The summed E-state index contributed by atoms with van der Waals surface area (Å²) in [4.78, 5) is 13.6. The fraction of sp³-hybridized carbons (Fsp3) is 0.571. The van der Waals surface area contributed by atoms with Crippen LogP contribution in [-0.4, -0.2) is 23.1 Å². The minimum absolute atomic E-state index is 0.580. The second kappa shape index (κ2) is 6.06. The molecule has 2 aromatic rings. The number of hydrogen-bond acceptors (Lipinski definition) is 4. The molecule has 0 saturated carbocycles. The SMILES string of the molecule is CCCCN(CC)c1nc(Cl)c2c(C)c(C)sc2n1. The van der Waals surface area contributed by atoms with Crippen LogP contribution in [0.5, 0.6) is 0 Å². The van der Waals surface area contributed by atoms with Crippen LogP contribution in [0.3, 0.4) is 0 Å².